The highest BCUT2D eigenvalue weighted by Gasteiger charge is 2.32. The van der Waals surface area contributed by atoms with Crippen molar-refractivity contribution >= 4 is 33.5 Å². The van der Waals surface area contributed by atoms with Crippen molar-refractivity contribution in [2.45, 2.75) is 19.3 Å². The summed E-state index contributed by atoms with van der Waals surface area (Å²) in [6.45, 7) is 0.401. The van der Waals surface area contributed by atoms with E-state index in [0.717, 1.165) is 12.8 Å². The summed E-state index contributed by atoms with van der Waals surface area (Å²) in [7, 11) is 0. The molecule has 1 fully saturated rings. The van der Waals surface area contributed by atoms with Gasteiger partial charge in [0.15, 0.2) is 0 Å². The van der Waals surface area contributed by atoms with E-state index < -0.39 is 5.97 Å². The monoisotopic (exact) mass is 340 g/mol. The molecule has 0 radical (unpaired) electrons. The van der Waals surface area contributed by atoms with Crippen molar-refractivity contribution in [3.05, 3.63) is 28.2 Å². The highest BCUT2D eigenvalue weighted by atomic mass is 79.9. The number of amides is 1. The summed E-state index contributed by atoms with van der Waals surface area (Å²) in [5.41, 5.74) is 6.75. The van der Waals surface area contributed by atoms with Crippen molar-refractivity contribution in [3.63, 3.8) is 0 Å². The molecule has 1 amide bonds. The van der Waals surface area contributed by atoms with Gasteiger partial charge in [0.25, 0.3) is 5.91 Å². The van der Waals surface area contributed by atoms with Crippen LogP contribution in [-0.4, -0.2) is 23.5 Å². The molecule has 0 bridgehead atoms. The summed E-state index contributed by atoms with van der Waals surface area (Å²) in [6, 6.07) is 4.97. The molecule has 1 aromatic rings. The zero-order valence-electron chi connectivity index (χ0n) is 10.9. The molecular formula is C14H17BrN2O3. The lowest BCUT2D eigenvalue weighted by molar-refractivity contribution is -0.142. The van der Waals surface area contributed by atoms with Crippen molar-refractivity contribution in [1.82, 2.24) is 5.32 Å². The van der Waals surface area contributed by atoms with Crippen molar-refractivity contribution < 1.29 is 14.7 Å². The van der Waals surface area contributed by atoms with E-state index in [-0.39, 0.29) is 17.7 Å². The largest absolute Gasteiger partial charge is 0.481 e. The predicted octanol–water partition coefficient (Wildman–Crippen LogP) is 2.26. The standard InChI is InChI=1S/C14H17BrN2O3/c15-11-6-8(4-5-12(11)16)13(18)17-7-9-2-1-3-10(9)14(19)20/h4-6,9-10H,1-3,7,16H2,(H,17,18)(H,19,20). The van der Waals surface area contributed by atoms with E-state index in [2.05, 4.69) is 21.2 Å². The molecule has 6 heteroatoms. The Bertz CT molecular complexity index is 533. The number of benzene rings is 1. The fourth-order valence-corrected chi connectivity index (χ4v) is 2.98. The number of nitrogens with two attached hydrogens (primary N) is 1. The number of carboxylic acid groups (broad SMARTS) is 1. The maximum absolute atomic E-state index is 12.0. The lowest BCUT2D eigenvalue weighted by Crippen LogP contribution is -2.33. The maximum atomic E-state index is 12.0. The number of hydrogen-bond acceptors (Lipinski definition) is 3. The first-order valence-electron chi connectivity index (χ1n) is 6.55. The van der Waals surface area contributed by atoms with Gasteiger partial charge in [0.05, 0.1) is 5.92 Å². The van der Waals surface area contributed by atoms with E-state index in [4.69, 9.17) is 10.8 Å². The Hall–Kier alpha value is -1.56. The van der Waals surface area contributed by atoms with Crippen LogP contribution in [0.15, 0.2) is 22.7 Å². The van der Waals surface area contributed by atoms with E-state index in [9.17, 15) is 9.59 Å². The van der Waals surface area contributed by atoms with Gasteiger partial charge in [-0.15, -0.1) is 0 Å². The average Bonchev–Trinajstić information content (AvgIpc) is 2.87. The number of carbonyl (C=O) groups excluding carboxylic acids is 1. The number of hydrogen-bond donors (Lipinski definition) is 3. The van der Waals surface area contributed by atoms with Crippen LogP contribution in [0.25, 0.3) is 0 Å². The molecule has 0 aromatic heterocycles. The average molecular weight is 341 g/mol. The number of rotatable bonds is 4. The molecular weight excluding hydrogens is 324 g/mol. The van der Waals surface area contributed by atoms with Crippen LogP contribution in [0.1, 0.15) is 29.6 Å². The smallest absolute Gasteiger partial charge is 0.306 e. The van der Waals surface area contributed by atoms with Crippen LogP contribution in [0.5, 0.6) is 0 Å². The number of aliphatic carboxylic acids is 1. The normalized spacial score (nSPS) is 21.6. The second-order valence-electron chi connectivity index (χ2n) is 5.08. The highest BCUT2D eigenvalue weighted by molar-refractivity contribution is 9.10. The van der Waals surface area contributed by atoms with Gasteiger partial charge < -0.3 is 16.2 Å². The number of halogens is 1. The van der Waals surface area contributed by atoms with Gasteiger partial charge in [-0.3, -0.25) is 9.59 Å². The Kier molecular flexibility index (Phi) is 4.65. The Balaban J connectivity index is 1.95. The van der Waals surface area contributed by atoms with Crippen LogP contribution in [-0.2, 0) is 4.79 Å². The van der Waals surface area contributed by atoms with Gasteiger partial charge in [-0.05, 0) is 52.9 Å². The number of nitrogen functional groups attached to an aromatic ring is 1. The molecule has 1 aliphatic carbocycles. The first-order chi connectivity index (χ1) is 9.49. The van der Waals surface area contributed by atoms with Crippen LogP contribution >= 0.6 is 15.9 Å². The first-order valence-corrected chi connectivity index (χ1v) is 7.34. The van der Waals surface area contributed by atoms with Gasteiger partial charge in [0.2, 0.25) is 0 Å². The number of carbonyl (C=O) groups is 2. The van der Waals surface area contributed by atoms with Gasteiger partial charge in [0.1, 0.15) is 0 Å². The lowest BCUT2D eigenvalue weighted by atomic mass is 9.96. The SMILES string of the molecule is Nc1ccc(C(=O)NCC2CCCC2C(=O)O)cc1Br. The molecule has 108 valence electrons. The molecule has 1 aliphatic rings. The molecule has 0 saturated heterocycles. The van der Waals surface area contributed by atoms with Gasteiger partial charge >= 0.3 is 5.97 Å². The Morgan fingerprint density at radius 2 is 2.15 bits per heavy atom. The number of anilines is 1. The van der Waals surface area contributed by atoms with E-state index in [1.54, 1.807) is 18.2 Å². The van der Waals surface area contributed by atoms with Crippen LogP contribution in [0.4, 0.5) is 5.69 Å². The minimum absolute atomic E-state index is 0.0219. The van der Waals surface area contributed by atoms with Gasteiger partial charge in [-0.1, -0.05) is 6.42 Å². The van der Waals surface area contributed by atoms with Gasteiger partial charge in [0, 0.05) is 22.3 Å². The van der Waals surface area contributed by atoms with Crippen LogP contribution in [0.3, 0.4) is 0 Å². The van der Waals surface area contributed by atoms with Crippen molar-refractivity contribution in [2.75, 3.05) is 12.3 Å². The molecule has 5 nitrogen and oxygen atoms in total. The van der Waals surface area contributed by atoms with E-state index >= 15 is 0 Å². The van der Waals surface area contributed by atoms with Crippen molar-refractivity contribution in [3.8, 4) is 0 Å². The molecule has 4 N–H and O–H groups in total. The summed E-state index contributed by atoms with van der Waals surface area (Å²) >= 11 is 3.28. The topological polar surface area (TPSA) is 92.4 Å². The summed E-state index contributed by atoms with van der Waals surface area (Å²) in [5, 5.41) is 11.9. The van der Waals surface area contributed by atoms with Gasteiger partial charge in [-0.25, -0.2) is 0 Å². The number of carboxylic acids is 1. The molecule has 2 atom stereocenters. The molecule has 1 aromatic carbocycles. The van der Waals surface area contributed by atoms with E-state index in [0.29, 0.717) is 28.7 Å². The predicted molar refractivity (Wildman–Crippen MR) is 79.4 cm³/mol. The fraction of sp³-hybridized carbons (Fsp3) is 0.429. The Morgan fingerprint density at radius 1 is 1.40 bits per heavy atom. The first kappa shape index (κ1) is 14.8. The third kappa shape index (κ3) is 3.30. The zero-order valence-corrected chi connectivity index (χ0v) is 12.5. The lowest BCUT2D eigenvalue weighted by Gasteiger charge is -2.16. The molecule has 0 heterocycles. The molecule has 2 unspecified atom stereocenters. The zero-order chi connectivity index (χ0) is 14.7. The molecule has 1 saturated carbocycles. The van der Waals surface area contributed by atoms with Crippen LogP contribution in [0.2, 0.25) is 0 Å². The quantitative estimate of drug-likeness (QED) is 0.733. The molecule has 2 rings (SSSR count). The number of nitrogens with one attached hydrogen (secondary N) is 1. The maximum Gasteiger partial charge on any atom is 0.306 e. The fourth-order valence-electron chi connectivity index (χ4n) is 2.60. The Morgan fingerprint density at radius 3 is 2.80 bits per heavy atom. The van der Waals surface area contributed by atoms with Crippen LogP contribution < -0.4 is 11.1 Å². The van der Waals surface area contributed by atoms with E-state index in [1.165, 1.54) is 0 Å². The summed E-state index contributed by atoms with van der Waals surface area (Å²) < 4.78 is 0.675. The summed E-state index contributed by atoms with van der Waals surface area (Å²) in [4.78, 5) is 23.1. The third-order valence-electron chi connectivity index (χ3n) is 3.76. The minimum Gasteiger partial charge on any atom is -0.481 e. The van der Waals surface area contributed by atoms with Crippen molar-refractivity contribution in [1.29, 1.82) is 0 Å². The molecule has 0 spiro atoms. The summed E-state index contributed by atoms with van der Waals surface area (Å²) in [6.07, 6.45) is 2.46. The summed E-state index contributed by atoms with van der Waals surface area (Å²) in [5.74, 6) is -1.29. The molecule has 0 aliphatic heterocycles. The van der Waals surface area contributed by atoms with E-state index in [1.807, 2.05) is 0 Å². The minimum atomic E-state index is -0.767. The van der Waals surface area contributed by atoms with Gasteiger partial charge in [-0.2, -0.15) is 0 Å². The Labute approximate surface area is 125 Å². The third-order valence-corrected chi connectivity index (χ3v) is 4.45. The highest BCUT2D eigenvalue weighted by Crippen LogP contribution is 2.31. The second-order valence-corrected chi connectivity index (χ2v) is 5.94. The van der Waals surface area contributed by atoms with Crippen LogP contribution in [0, 0.1) is 11.8 Å². The van der Waals surface area contributed by atoms with Crippen molar-refractivity contribution in [2.24, 2.45) is 11.8 Å². The molecule has 20 heavy (non-hydrogen) atoms. The second kappa shape index (κ2) is 6.26.